The van der Waals surface area contributed by atoms with E-state index >= 15 is 0 Å². The molecule has 0 saturated carbocycles. The molecule has 6 heteroatoms. The quantitative estimate of drug-likeness (QED) is 0.935. The van der Waals surface area contributed by atoms with Gasteiger partial charge in [-0.05, 0) is 18.9 Å². The molecule has 120 valence electrons. The average molecular weight is 329 g/mol. The Hall–Kier alpha value is -2.21. The molecule has 1 aromatic carbocycles. The standard InChI is InChI=1S/C17H19N3O2S/c1-12-15(23-11-19-12)17(22)20-8-7-14(10-20)16(21)18-9-13-5-3-2-4-6-13/h2-6,11,14H,7-10H2,1H3,(H,18,21). The molecule has 23 heavy (non-hydrogen) atoms. The minimum atomic E-state index is -0.129. The van der Waals surface area contributed by atoms with Gasteiger partial charge in [0.15, 0.2) is 0 Å². The molecule has 1 atom stereocenters. The van der Waals surface area contributed by atoms with Crippen LogP contribution in [0.15, 0.2) is 35.8 Å². The Kier molecular flexibility index (Phi) is 4.71. The Balaban J connectivity index is 1.54. The minimum absolute atomic E-state index is 0.0108. The molecule has 3 rings (SSSR count). The van der Waals surface area contributed by atoms with Crippen molar-refractivity contribution in [1.82, 2.24) is 15.2 Å². The van der Waals surface area contributed by atoms with Gasteiger partial charge in [-0.2, -0.15) is 0 Å². The number of hydrogen-bond donors (Lipinski definition) is 1. The second kappa shape index (κ2) is 6.91. The van der Waals surface area contributed by atoms with E-state index in [1.54, 1.807) is 10.4 Å². The first-order chi connectivity index (χ1) is 11.1. The summed E-state index contributed by atoms with van der Waals surface area (Å²) in [6.07, 6.45) is 0.713. The number of nitrogens with zero attached hydrogens (tertiary/aromatic N) is 2. The summed E-state index contributed by atoms with van der Waals surface area (Å²) in [5.74, 6) is -0.121. The van der Waals surface area contributed by atoms with Crippen molar-refractivity contribution in [3.8, 4) is 0 Å². The van der Waals surface area contributed by atoms with E-state index in [0.29, 0.717) is 30.9 Å². The van der Waals surface area contributed by atoms with Crippen molar-refractivity contribution in [2.24, 2.45) is 5.92 Å². The normalized spacial score (nSPS) is 17.3. The van der Waals surface area contributed by atoms with Crippen LogP contribution >= 0.6 is 11.3 Å². The second-order valence-corrected chi connectivity index (χ2v) is 6.56. The highest BCUT2D eigenvalue weighted by Crippen LogP contribution is 2.22. The number of rotatable bonds is 4. The molecule has 2 amide bonds. The largest absolute Gasteiger partial charge is 0.352 e. The number of nitrogens with one attached hydrogen (secondary N) is 1. The molecule has 1 N–H and O–H groups in total. The summed E-state index contributed by atoms with van der Waals surface area (Å²) in [4.78, 5) is 31.3. The smallest absolute Gasteiger partial charge is 0.265 e. The maximum absolute atomic E-state index is 12.4. The molecule has 1 aliphatic rings. The Labute approximate surface area is 139 Å². The van der Waals surface area contributed by atoms with Crippen LogP contribution in [0.5, 0.6) is 0 Å². The van der Waals surface area contributed by atoms with Gasteiger partial charge in [0.2, 0.25) is 5.91 Å². The second-order valence-electron chi connectivity index (χ2n) is 5.71. The van der Waals surface area contributed by atoms with Gasteiger partial charge in [0.1, 0.15) is 4.88 Å². The molecule has 1 saturated heterocycles. The van der Waals surface area contributed by atoms with E-state index in [9.17, 15) is 9.59 Å². The van der Waals surface area contributed by atoms with Crippen molar-refractivity contribution >= 4 is 23.2 Å². The molecule has 2 aromatic rings. The predicted molar refractivity (Wildman–Crippen MR) is 89.2 cm³/mol. The molecule has 0 radical (unpaired) electrons. The topological polar surface area (TPSA) is 62.3 Å². The van der Waals surface area contributed by atoms with Gasteiger partial charge < -0.3 is 10.2 Å². The molecular formula is C17H19N3O2S. The van der Waals surface area contributed by atoms with Crippen molar-refractivity contribution in [2.75, 3.05) is 13.1 Å². The van der Waals surface area contributed by atoms with Crippen LogP contribution in [0.2, 0.25) is 0 Å². The molecule has 0 aliphatic carbocycles. The van der Waals surface area contributed by atoms with E-state index in [4.69, 9.17) is 0 Å². The van der Waals surface area contributed by atoms with Gasteiger partial charge in [-0.1, -0.05) is 30.3 Å². The maximum Gasteiger partial charge on any atom is 0.265 e. The fourth-order valence-electron chi connectivity index (χ4n) is 2.74. The summed E-state index contributed by atoms with van der Waals surface area (Å²) < 4.78 is 0. The zero-order chi connectivity index (χ0) is 16.2. The van der Waals surface area contributed by atoms with Crippen LogP contribution in [0, 0.1) is 12.8 Å². The summed E-state index contributed by atoms with van der Waals surface area (Å²) in [6, 6.07) is 9.82. The molecule has 1 aliphatic heterocycles. The van der Waals surface area contributed by atoms with Crippen molar-refractivity contribution in [1.29, 1.82) is 0 Å². The lowest BCUT2D eigenvalue weighted by molar-refractivity contribution is -0.124. The van der Waals surface area contributed by atoms with E-state index in [1.807, 2.05) is 37.3 Å². The van der Waals surface area contributed by atoms with Crippen LogP contribution in [0.4, 0.5) is 0 Å². The molecular weight excluding hydrogens is 310 g/mol. The van der Waals surface area contributed by atoms with Gasteiger partial charge in [-0.25, -0.2) is 4.98 Å². The van der Waals surface area contributed by atoms with Crippen molar-refractivity contribution in [3.63, 3.8) is 0 Å². The maximum atomic E-state index is 12.4. The summed E-state index contributed by atoms with van der Waals surface area (Å²) in [5.41, 5.74) is 3.52. The molecule has 1 unspecified atom stereocenters. The van der Waals surface area contributed by atoms with E-state index in [2.05, 4.69) is 10.3 Å². The number of benzene rings is 1. The fourth-order valence-corrected chi connectivity index (χ4v) is 3.51. The first-order valence-corrected chi connectivity index (χ1v) is 8.54. The lowest BCUT2D eigenvalue weighted by Gasteiger charge is -2.16. The van der Waals surface area contributed by atoms with E-state index < -0.39 is 0 Å². The summed E-state index contributed by atoms with van der Waals surface area (Å²) in [7, 11) is 0. The third kappa shape index (κ3) is 3.59. The predicted octanol–water partition coefficient (Wildman–Crippen LogP) is 2.23. The monoisotopic (exact) mass is 329 g/mol. The lowest BCUT2D eigenvalue weighted by atomic mass is 10.1. The number of amides is 2. The van der Waals surface area contributed by atoms with Gasteiger partial charge >= 0.3 is 0 Å². The van der Waals surface area contributed by atoms with Crippen molar-refractivity contribution < 1.29 is 9.59 Å². The van der Waals surface area contributed by atoms with Crippen LogP contribution in [0.25, 0.3) is 0 Å². The first-order valence-electron chi connectivity index (χ1n) is 7.66. The SMILES string of the molecule is Cc1ncsc1C(=O)N1CCC(C(=O)NCc2ccccc2)C1. The fraction of sp³-hybridized carbons (Fsp3) is 0.353. The Morgan fingerprint density at radius 1 is 1.35 bits per heavy atom. The summed E-state index contributed by atoms with van der Waals surface area (Å²) in [5, 5.41) is 2.96. The first kappa shape index (κ1) is 15.7. The third-order valence-corrected chi connectivity index (χ3v) is 5.01. The van der Waals surface area contributed by atoms with Gasteiger partial charge in [0, 0.05) is 19.6 Å². The van der Waals surface area contributed by atoms with Gasteiger partial charge in [0.25, 0.3) is 5.91 Å². The molecule has 0 bridgehead atoms. The summed E-state index contributed by atoms with van der Waals surface area (Å²) in [6.45, 7) is 3.47. The molecule has 2 heterocycles. The number of carbonyl (C=O) groups is 2. The lowest BCUT2D eigenvalue weighted by Crippen LogP contribution is -2.34. The van der Waals surface area contributed by atoms with Gasteiger partial charge in [-0.15, -0.1) is 11.3 Å². The molecule has 1 fully saturated rings. The summed E-state index contributed by atoms with van der Waals surface area (Å²) >= 11 is 1.36. The molecule has 1 aromatic heterocycles. The number of aryl methyl sites for hydroxylation is 1. The number of carbonyl (C=O) groups excluding carboxylic acids is 2. The minimum Gasteiger partial charge on any atom is -0.352 e. The zero-order valence-electron chi connectivity index (χ0n) is 13.0. The highest BCUT2D eigenvalue weighted by atomic mass is 32.1. The zero-order valence-corrected chi connectivity index (χ0v) is 13.8. The van der Waals surface area contributed by atoms with Crippen molar-refractivity contribution in [3.05, 3.63) is 52.0 Å². The van der Waals surface area contributed by atoms with Crippen LogP contribution in [0.1, 0.15) is 27.3 Å². The van der Waals surface area contributed by atoms with E-state index in [0.717, 1.165) is 11.3 Å². The molecule has 0 spiro atoms. The number of hydrogen-bond acceptors (Lipinski definition) is 4. The van der Waals surface area contributed by atoms with Crippen LogP contribution in [-0.4, -0.2) is 34.8 Å². The van der Waals surface area contributed by atoms with Crippen molar-refractivity contribution in [2.45, 2.75) is 19.9 Å². The Morgan fingerprint density at radius 2 is 2.13 bits per heavy atom. The highest BCUT2D eigenvalue weighted by molar-refractivity contribution is 7.11. The highest BCUT2D eigenvalue weighted by Gasteiger charge is 2.32. The van der Waals surface area contributed by atoms with Crippen LogP contribution < -0.4 is 5.32 Å². The van der Waals surface area contributed by atoms with Crippen LogP contribution in [-0.2, 0) is 11.3 Å². The van der Waals surface area contributed by atoms with E-state index in [1.165, 1.54) is 11.3 Å². The molecule has 5 nitrogen and oxygen atoms in total. The van der Waals surface area contributed by atoms with Crippen LogP contribution in [0.3, 0.4) is 0 Å². The number of likely N-dealkylation sites (tertiary alicyclic amines) is 1. The van der Waals surface area contributed by atoms with Gasteiger partial charge in [0.05, 0.1) is 17.1 Å². The van der Waals surface area contributed by atoms with Gasteiger partial charge in [-0.3, -0.25) is 9.59 Å². The van der Waals surface area contributed by atoms with E-state index in [-0.39, 0.29) is 17.7 Å². The Bertz CT molecular complexity index is 699. The number of aromatic nitrogens is 1. The number of thiazole rings is 1. The average Bonchev–Trinajstić information content (AvgIpc) is 3.22. The third-order valence-electron chi connectivity index (χ3n) is 4.10. The Morgan fingerprint density at radius 3 is 2.83 bits per heavy atom.